The van der Waals surface area contributed by atoms with Crippen LogP contribution in [0.3, 0.4) is 0 Å². The zero-order chi connectivity index (χ0) is 12.3. The normalized spacial score (nSPS) is 40.3. The van der Waals surface area contributed by atoms with Crippen LogP contribution in [-0.2, 0) is 14.3 Å². The van der Waals surface area contributed by atoms with Crippen LogP contribution in [0.2, 0.25) is 0 Å². The minimum absolute atomic E-state index is 0.359. The second kappa shape index (κ2) is 5.87. The first-order valence-corrected chi connectivity index (χ1v) is 4.99. The van der Waals surface area contributed by atoms with Crippen molar-refractivity contribution in [1.29, 1.82) is 0 Å². The summed E-state index contributed by atoms with van der Waals surface area (Å²) in [5, 5.41) is 30.0. The van der Waals surface area contributed by atoms with Crippen LogP contribution in [0.5, 0.6) is 0 Å². The van der Waals surface area contributed by atoms with E-state index in [0.717, 1.165) is 0 Å². The summed E-state index contributed by atoms with van der Waals surface area (Å²) >= 11 is 0. The van der Waals surface area contributed by atoms with E-state index in [2.05, 4.69) is 0 Å². The van der Waals surface area contributed by atoms with Gasteiger partial charge in [-0.15, -0.1) is 0 Å². The Kier molecular flexibility index (Phi) is 5.06. The van der Waals surface area contributed by atoms with Crippen molar-refractivity contribution >= 4 is 0 Å². The van der Waals surface area contributed by atoms with Crippen molar-refractivity contribution in [3.05, 3.63) is 0 Å². The first-order chi connectivity index (χ1) is 7.56. The summed E-state index contributed by atoms with van der Waals surface area (Å²) < 4.78 is 10.3. The van der Waals surface area contributed by atoms with Gasteiger partial charge >= 0.3 is 0 Å². The van der Waals surface area contributed by atoms with Gasteiger partial charge in [-0.2, -0.15) is 5.06 Å². The molecule has 1 heterocycles. The molecule has 5 atom stereocenters. The molecule has 0 saturated carbocycles. The molecule has 7 nitrogen and oxygen atoms in total. The van der Waals surface area contributed by atoms with E-state index in [-0.39, 0.29) is 6.61 Å². The number of nitrogens with zero attached hydrogens (tertiary/aromatic N) is 1. The number of aliphatic hydroxyl groups excluding tert-OH is 3. The number of aliphatic hydroxyl groups is 3. The number of methoxy groups -OCH3 is 1. The number of ether oxygens (including phenoxy) is 2. The molecule has 0 spiro atoms. The number of hydroxylamine groups is 2. The van der Waals surface area contributed by atoms with Crippen molar-refractivity contribution in [2.45, 2.75) is 30.6 Å². The monoisotopic (exact) mass is 237 g/mol. The zero-order valence-electron chi connectivity index (χ0n) is 9.61. The first kappa shape index (κ1) is 13.8. The molecule has 3 N–H and O–H groups in total. The quantitative estimate of drug-likeness (QED) is 0.484. The van der Waals surface area contributed by atoms with Crippen molar-refractivity contribution in [2.24, 2.45) is 0 Å². The van der Waals surface area contributed by atoms with Crippen molar-refractivity contribution in [1.82, 2.24) is 5.06 Å². The Hall–Kier alpha value is -0.280. The molecule has 0 aromatic rings. The lowest BCUT2D eigenvalue weighted by Gasteiger charge is -2.43. The van der Waals surface area contributed by atoms with Gasteiger partial charge in [0.2, 0.25) is 0 Å². The highest BCUT2D eigenvalue weighted by atomic mass is 16.7. The average Bonchev–Trinajstić information content (AvgIpc) is 2.29. The molecular formula is C9H19NO6. The molecule has 2 unspecified atom stereocenters. The number of hydrogen-bond donors (Lipinski definition) is 3. The molecule has 96 valence electrons. The predicted octanol–water partition coefficient (Wildman–Crippen LogP) is -2.07. The third-order valence-corrected chi connectivity index (χ3v) is 2.76. The molecule has 0 aliphatic carbocycles. The van der Waals surface area contributed by atoms with Gasteiger partial charge in [0.1, 0.15) is 24.4 Å². The molecule has 0 radical (unpaired) electrons. The maximum Gasteiger partial charge on any atom is 0.161 e. The van der Waals surface area contributed by atoms with Crippen molar-refractivity contribution in [3.63, 3.8) is 0 Å². The predicted molar refractivity (Wildman–Crippen MR) is 53.3 cm³/mol. The Morgan fingerprint density at radius 3 is 2.31 bits per heavy atom. The highest BCUT2D eigenvalue weighted by Crippen LogP contribution is 2.24. The topological polar surface area (TPSA) is 91.6 Å². The van der Waals surface area contributed by atoms with E-state index >= 15 is 0 Å². The van der Waals surface area contributed by atoms with Gasteiger partial charge in [-0.05, 0) is 0 Å². The van der Waals surface area contributed by atoms with E-state index in [1.807, 2.05) is 0 Å². The van der Waals surface area contributed by atoms with Gasteiger partial charge in [-0.3, -0.25) is 4.84 Å². The average molecular weight is 237 g/mol. The van der Waals surface area contributed by atoms with Crippen LogP contribution >= 0.6 is 0 Å². The molecule has 1 aliphatic rings. The van der Waals surface area contributed by atoms with Gasteiger partial charge in [0.25, 0.3) is 0 Å². The first-order valence-electron chi connectivity index (χ1n) is 4.99. The van der Waals surface area contributed by atoms with Gasteiger partial charge in [0.15, 0.2) is 6.23 Å². The van der Waals surface area contributed by atoms with Crippen LogP contribution in [0.25, 0.3) is 0 Å². The summed E-state index contributed by atoms with van der Waals surface area (Å²) in [4.78, 5) is 4.91. The van der Waals surface area contributed by atoms with Gasteiger partial charge in [-0.1, -0.05) is 0 Å². The summed E-state index contributed by atoms with van der Waals surface area (Å²) in [6, 6.07) is 0. The minimum atomic E-state index is -1.08. The highest BCUT2D eigenvalue weighted by molar-refractivity contribution is 4.91. The minimum Gasteiger partial charge on any atom is -0.394 e. The molecule has 1 aliphatic heterocycles. The molecule has 0 aromatic heterocycles. The third-order valence-electron chi connectivity index (χ3n) is 2.76. The molecular weight excluding hydrogens is 218 g/mol. The Labute approximate surface area is 94.1 Å². The number of hydrogen-bond acceptors (Lipinski definition) is 7. The lowest BCUT2D eigenvalue weighted by atomic mass is 9.98. The van der Waals surface area contributed by atoms with Crippen molar-refractivity contribution < 1.29 is 29.6 Å². The number of likely N-dealkylation sites (N-methyl/N-ethyl adjacent to an activating group) is 1. The van der Waals surface area contributed by atoms with Crippen molar-refractivity contribution in [3.8, 4) is 0 Å². The maximum absolute atomic E-state index is 9.90. The summed E-state index contributed by atoms with van der Waals surface area (Å²) in [5.41, 5.74) is 0. The Balaban J connectivity index is 2.80. The smallest absolute Gasteiger partial charge is 0.161 e. The van der Waals surface area contributed by atoms with Gasteiger partial charge in [0.05, 0.1) is 13.7 Å². The SMILES string of the molecule is CO[C@@H]1C(O)[C@@H](N(C)OC)OC(CO)[C@H]1O. The Morgan fingerprint density at radius 1 is 1.25 bits per heavy atom. The van der Waals surface area contributed by atoms with Crippen LogP contribution in [0.15, 0.2) is 0 Å². The van der Waals surface area contributed by atoms with Gasteiger partial charge in [-0.25, -0.2) is 0 Å². The van der Waals surface area contributed by atoms with E-state index in [0.29, 0.717) is 0 Å². The van der Waals surface area contributed by atoms with Crippen LogP contribution in [0, 0.1) is 0 Å². The van der Waals surface area contributed by atoms with Crippen LogP contribution in [-0.4, -0.2) is 78.9 Å². The van der Waals surface area contributed by atoms with E-state index in [9.17, 15) is 10.2 Å². The second-order valence-electron chi connectivity index (χ2n) is 3.66. The largest absolute Gasteiger partial charge is 0.394 e. The molecule has 1 fully saturated rings. The molecule has 0 amide bonds. The molecule has 0 bridgehead atoms. The van der Waals surface area contributed by atoms with Crippen molar-refractivity contribution in [2.75, 3.05) is 27.9 Å². The number of rotatable bonds is 4. The third kappa shape index (κ3) is 2.51. The fourth-order valence-corrected chi connectivity index (χ4v) is 1.75. The maximum atomic E-state index is 9.90. The molecule has 1 rings (SSSR count). The van der Waals surface area contributed by atoms with E-state index in [1.54, 1.807) is 7.05 Å². The fraction of sp³-hybridized carbons (Fsp3) is 1.00. The Bertz CT molecular complexity index is 216. The summed E-state index contributed by atoms with van der Waals surface area (Å²) in [6.07, 6.45) is -4.57. The van der Waals surface area contributed by atoms with E-state index in [1.165, 1.54) is 19.3 Å². The molecule has 7 heteroatoms. The van der Waals surface area contributed by atoms with E-state index < -0.39 is 30.6 Å². The van der Waals surface area contributed by atoms with Crippen LogP contribution < -0.4 is 0 Å². The molecule has 16 heavy (non-hydrogen) atoms. The lowest BCUT2D eigenvalue weighted by molar-refractivity contribution is -0.322. The van der Waals surface area contributed by atoms with Crippen LogP contribution in [0.4, 0.5) is 0 Å². The molecule has 0 aromatic carbocycles. The van der Waals surface area contributed by atoms with E-state index in [4.69, 9.17) is 19.4 Å². The van der Waals surface area contributed by atoms with Gasteiger partial charge in [0, 0.05) is 14.2 Å². The second-order valence-corrected chi connectivity index (χ2v) is 3.66. The van der Waals surface area contributed by atoms with Gasteiger partial charge < -0.3 is 24.8 Å². The molecule has 1 saturated heterocycles. The fourth-order valence-electron chi connectivity index (χ4n) is 1.75. The zero-order valence-corrected chi connectivity index (χ0v) is 9.61. The van der Waals surface area contributed by atoms with Crippen LogP contribution in [0.1, 0.15) is 0 Å². The highest BCUT2D eigenvalue weighted by Gasteiger charge is 2.46. The Morgan fingerprint density at radius 2 is 1.88 bits per heavy atom. The summed E-state index contributed by atoms with van der Waals surface area (Å²) in [5.74, 6) is 0. The summed E-state index contributed by atoms with van der Waals surface area (Å²) in [6.45, 7) is -0.359. The summed E-state index contributed by atoms with van der Waals surface area (Å²) in [7, 11) is 4.38. The standard InChI is InChI=1S/C9H19NO6/c1-10(15-3)9-7(13)8(14-2)6(12)5(4-11)16-9/h5-9,11-13H,4H2,1-3H3/t5?,6-,7?,8+,9+/m1/s1. The lowest BCUT2D eigenvalue weighted by Crippen LogP contribution is -2.62.